The number of aromatic nitrogens is 1. The SMILES string of the molecule is O=C(O)C(C(c1ccc(Cl)cn1)C(C(=O)O)P(=O)(O)O)P(=O)(O)O. The predicted molar refractivity (Wildman–Crippen MR) is 78.9 cm³/mol. The number of pyridine rings is 1. The van der Waals surface area contributed by atoms with Crippen molar-refractivity contribution in [3.63, 3.8) is 0 Å². The Kier molecular flexibility index (Phi) is 6.29. The highest BCUT2D eigenvalue weighted by Crippen LogP contribution is 2.56. The first-order chi connectivity index (χ1) is 10.8. The summed E-state index contributed by atoms with van der Waals surface area (Å²) < 4.78 is 23.0. The van der Waals surface area contributed by atoms with Gasteiger partial charge >= 0.3 is 27.1 Å². The van der Waals surface area contributed by atoms with Gasteiger partial charge in [0.05, 0.1) is 10.9 Å². The lowest BCUT2D eigenvalue weighted by Gasteiger charge is -2.29. The molecule has 11 nitrogen and oxygen atoms in total. The Morgan fingerprint density at radius 1 is 0.958 bits per heavy atom. The summed E-state index contributed by atoms with van der Waals surface area (Å²) in [5.74, 6) is -6.58. The maximum absolute atomic E-state index is 11.5. The molecule has 0 amide bonds. The minimum absolute atomic E-state index is 0.0311. The highest BCUT2D eigenvalue weighted by Gasteiger charge is 2.55. The zero-order chi connectivity index (χ0) is 18.9. The molecule has 14 heteroatoms. The van der Waals surface area contributed by atoms with Gasteiger partial charge in [-0.15, -0.1) is 0 Å². The summed E-state index contributed by atoms with van der Waals surface area (Å²) in [6.07, 6.45) is 0.918. The van der Waals surface area contributed by atoms with E-state index in [9.17, 15) is 38.3 Å². The first-order valence-electron chi connectivity index (χ1n) is 5.94. The standard InChI is InChI=1S/C10H12ClNO10P2/c11-4-1-2-5(12-3-4)6(7(9(13)14)23(17,18)19)8(10(15)16)24(20,21)22/h1-3,6-8H,(H,13,14)(H,15,16)(H2,17,18,19)(H2,20,21,22). The van der Waals surface area contributed by atoms with E-state index in [-0.39, 0.29) is 5.02 Å². The molecule has 0 aromatic carbocycles. The Hall–Kier alpha value is -1.32. The van der Waals surface area contributed by atoms with E-state index >= 15 is 0 Å². The molecule has 134 valence electrons. The molecule has 0 aliphatic carbocycles. The van der Waals surface area contributed by atoms with E-state index in [1.54, 1.807) is 0 Å². The first-order valence-corrected chi connectivity index (χ1v) is 9.68. The van der Waals surface area contributed by atoms with Crippen molar-refractivity contribution in [2.24, 2.45) is 0 Å². The average Bonchev–Trinajstić information content (AvgIpc) is 2.34. The summed E-state index contributed by atoms with van der Waals surface area (Å²) in [4.78, 5) is 63.2. The average molecular weight is 404 g/mol. The molecule has 1 aromatic heterocycles. The number of halogens is 1. The van der Waals surface area contributed by atoms with Crippen LogP contribution >= 0.6 is 26.8 Å². The molecule has 24 heavy (non-hydrogen) atoms. The van der Waals surface area contributed by atoms with Gasteiger partial charge in [-0.05, 0) is 12.1 Å². The summed E-state index contributed by atoms with van der Waals surface area (Å²) >= 11 is 5.58. The molecule has 1 rings (SSSR count). The lowest BCUT2D eigenvalue weighted by Crippen LogP contribution is -2.40. The van der Waals surface area contributed by atoms with E-state index in [1.165, 1.54) is 0 Å². The molecule has 0 fully saturated rings. The normalized spacial score (nSPS) is 16.2. The van der Waals surface area contributed by atoms with Gasteiger partial charge in [0, 0.05) is 11.9 Å². The molecule has 0 bridgehead atoms. The van der Waals surface area contributed by atoms with Gasteiger partial charge in [-0.1, -0.05) is 11.6 Å². The summed E-state index contributed by atoms with van der Waals surface area (Å²) in [5.41, 5.74) is -6.02. The fourth-order valence-electron chi connectivity index (χ4n) is 2.09. The molecule has 0 aliphatic rings. The number of hydrogen-bond donors (Lipinski definition) is 6. The zero-order valence-corrected chi connectivity index (χ0v) is 14.0. The molecular formula is C10H12ClNO10P2. The monoisotopic (exact) mass is 403 g/mol. The molecule has 0 spiro atoms. The van der Waals surface area contributed by atoms with Gasteiger partial charge in [-0.2, -0.15) is 0 Å². The summed E-state index contributed by atoms with van der Waals surface area (Å²) in [7, 11) is -11.0. The summed E-state index contributed by atoms with van der Waals surface area (Å²) in [5, 5.41) is 18.2. The van der Waals surface area contributed by atoms with Crippen LogP contribution < -0.4 is 0 Å². The Bertz CT molecular complexity index is 686. The Morgan fingerprint density at radius 3 is 1.62 bits per heavy atom. The predicted octanol–water partition coefficient (Wildman–Crippen LogP) is 0.0804. The third-order valence-corrected chi connectivity index (χ3v) is 5.76. The quantitative estimate of drug-likeness (QED) is 0.336. The fraction of sp³-hybridized carbons (Fsp3) is 0.300. The number of rotatable bonds is 7. The van der Waals surface area contributed by atoms with Crippen LogP contribution in [0, 0.1) is 0 Å². The van der Waals surface area contributed by atoms with E-state index in [0.29, 0.717) is 0 Å². The first kappa shape index (κ1) is 20.7. The Labute approximate surface area is 139 Å². The van der Waals surface area contributed by atoms with Crippen LogP contribution in [0.15, 0.2) is 18.3 Å². The minimum atomic E-state index is -5.51. The molecule has 1 heterocycles. The number of carboxylic acid groups (broad SMARTS) is 2. The van der Waals surface area contributed by atoms with Crippen LogP contribution in [0.3, 0.4) is 0 Å². The van der Waals surface area contributed by atoms with Crippen LogP contribution in [0.25, 0.3) is 0 Å². The number of nitrogens with zero attached hydrogens (tertiary/aromatic N) is 1. The van der Waals surface area contributed by atoms with Crippen LogP contribution in [-0.2, 0) is 18.7 Å². The Morgan fingerprint density at radius 2 is 1.38 bits per heavy atom. The summed E-state index contributed by atoms with van der Waals surface area (Å²) in [6, 6.07) is 2.04. The van der Waals surface area contributed by atoms with Gasteiger partial charge in [0.15, 0.2) is 11.3 Å². The van der Waals surface area contributed by atoms with Crippen molar-refractivity contribution in [2.75, 3.05) is 0 Å². The highest BCUT2D eigenvalue weighted by molar-refractivity contribution is 7.55. The lowest BCUT2D eigenvalue weighted by molar-refractivity contribution is -0.139. The number of carboxylic acids is 2. The maximum atomic E-state index is 11.5. The Balaban J connectivity index is 3.71. The minimum Gasteiger partial charge on any atom is -0.481 e. The number of hydrogen-bond acceptors (Lipinski definition) is 5. The van der Waals surface area contributed by atoms with Crippen LogP contribution in [0.1, 0.15) is 11.6 Å². The van der Waals surface area contributed by atoms with E-state index in [0.717, 1.165) is 18.3 Å². The van der Waals surface area contributed by atoms with Crippen LogP contribution in [0.4, 0.5) is 0 Å². The number of aliphatic carboxylic acids is 2. The molecule has 0 radical (unpaired) electrons. The lowest BCUT2D eigenvalue weighted by atomic mass is 9.95. The smallest absolute Gasteiger partial charge is 0.340 e. The van der Waals surface area contributed by atoms with Crippen molar-refractivity contribution in [1.82, 2.24) is 4.98 Å². The van der Waals surface area contributed by atoms with Crippen molar-refractivity contribution < 1.29 is 48.5 Å². The largest absolute Gasteiger partial charge is 0.481 e. The van der Waals surface area contributed by atoms with Crippen molar-refractivity contribution in [2.45, 2.75) is 17.2 Å². The van der Waals surface area contributed by atoms with Crippen LogP contribution in [0.5, 0.6) is 0 Å². The molecule has 0 saturated heterocycles. The van der Waals surface area contributed by atoms with E-state index in [2.05, 4.69) is 4.98 Å². The van der Waals surface area contributed by atoms with Gasteiger partial charge in [-0.25, -0.2) is 0 Å². The third-order valence-electron chi connectivity index (χ3n) is 3.00. The van der Waals surface area contributed by atoms with E-state index in [4.69, 9.17) is 21.8 Å². The third kappa shape index (κ3) is 4.84. The second-order valence-electron chi connectivity index (χ2n) is 4.67. The van der Waals surface area contributed by atoms with Crippen molar-refractivity contribution in [3.8, 4) is 0 Å². The van der Waals surface area contributed by atoms with Crippen molar-refractivity contribution >= 4 is 38.7 Å². The molecule has 2 unspecified atom stereocenters. The van der Waals surface area contributed by atoms with Gasteiger partial charge in [0.2, 0.25) is 0 Å². The zero-order valence-electron chi connectivity index (χ0n) is 11.5. The van der Waals surface area contributed by atoms with Crippen LogP contribution in [-0.4, -0.2) is 58.0 Å². The van der Waals surface area contributed by atoms with E-state index in [1.807, 2.05) is 0 Å². The molecular weight excluding hydrogens is 392 g/mol. The van der Waals surface area contributed by atoms with Gasteiger partial charge in [0.1, 0.15) is 0 Å². The molecule has 0 aliphatic heterocycles. The highest BCUT2D eigenvalue weighted by atomic mass is 35.5. The second kappa shape index (κ2) is 7.28. The fourth-order valence-corrected chi connectivity index (χ4v) is 4.40. The van der Waals surface area contributed by atoms with Crippen LogP contribution in [0.2, 0.25) is 5.02 Å². The summed E-state index contributed by atoms with van der Waals surface area (Å²) in [6.45, 7) is 0. The van der Waals surface area contributed by atoms with Gasteiger partial charge in [0.25, 0.3) is 0 Å². The van der Waals surface area contributed by atoms with Crippen molar-refractivity contribution in [1.29, 1.82) is 0 Å². The van der Waals surface area contributed by atoms with Gasteiger partial charge in [-0.3, -0.25) is 23.7 Å². The van der Waals surface area contributed by atoms with Crippen molar-refractivity contribution in [3.05, 3.63) is 29.0 Å². The molecule has 2 atom stereocenters. The number of carbonyl (C=O) groups is 2. The van der Waals surface area contributed by atoms with Gasteiger partial charge < -0.3 is 29.8 Å². The molecule has 6 N–H and O–H groups in total. The van der Waals surface area contributed by atoms with E-state index < -0.39 is 50.1 Å². The topological polar surface area (TPSA) is 203 Å². The second-order valence-corrected chi connectivity index (χ2v) is 8.58. The maximum Gasteiger partial charge on any atom is 0.340 e. The molecule has 1 aromatic rings. The molecule has 0 saturated carbocycles.